The van der Waals surface area contributed by atoms with Crippen LogP contribution < -0.4 is 0 Å². The minimum atomic E-state index is -1.72. The summed E-state index contributed by atoms with van der Waals surface area (Å²) in [5, 5.41) is 37.0. The number of rotatable bonds is 1. The Morgan fingerprint density at radius 2 is 2.00 bits per heavy atom. The van der Waals surface area contributed by atoms with Crippen LogP contribution in [0, 0.1) is 0 Å². The van der Waals surface area contributed by atoms with Gasteiger partial charge in [0.25, 0.3) is 0 Å². The van der Waals surface area contributed by atoms with Crippen molar-refractivity contribution in [2.45, 2.75) is 37.4 Å². The molecule has 1 heterocycles. The minimum Gasteiger partial charge on any atom is -0.388 e. The smallest absolute Gasteiger partial charge is 0.194 e. The summed E-state index contributed by atoms with van der Waals surface area (Å²) in [4.78, 5) is 0. The standard InChI is InChI=1S/C7H14O5/c1-2-7(11)6(10)5(9)4(8)3-12-7/h4-6,8-11H,2-3H2,1H3/t4?,5?,6-,7+/m0/s1. The van der Waals surface area contributed by atoms with Gasteiger partial charge in [-0.15, -0.1) is 0 Å². The molecule has 0 aliphatic carbocycles. The molecular weight excluding hydrogens is 164 g/mol. The van der Waals surface area contributed by atoms with Crippen LogP contribution in [0.4, 0.5) is 0 Å². The number of hydrogen-bond donors (Lipinski definition) is 4. The summed E-state index contributed by atoms with van der Waals surface area (Å²) >= 11 is 0. The minimum absolute atomic E-state index is 0.164. The molecule has 0 amide bonds. The zero-order valence-electron chi connectivity index (χ0n) is 6.84. The zero-order valence-corrected chi connectivity index (χ0v) is 6.84. The second-order valence-corrected chi connectivity index (χ2v) is 3.01. The van der Waals surface area contributed by atoms with Gasteiger partial charge in [-0.25, -0.2) is 0 Å². The number of aliphatic hydroxyl groups excluding tert-OH is 3. The quantitative estimate of drug-likeness (QED) is 0.380. The molecule has 0 aromatic rings. The predicted molar refractivity (Wildman–Crippen MR) is 39.2 cm³/mol. The molecule has 4 atom stereocenters. The van der Waals surface area contributed by atoms with Crippen molar-refractivity contribution < 1.29 is 25.2 Å². The zero-order chi connectivity index (χ0) is 9.35. The van der Waals surface area contributed by atoms with Gasteiger partial charge in [0.15, 0.2) is 5.79 Å². The lowest BCUT2D eigenvalue weighted by Gasteiger charge is -2.41. The summed E-state index contributed by atoms with van der Waals surface area (Å²) in [6.45, 7) is 1.45. The van der Waals surface area contributed by atoms with E-state index in [2.05, 4.69) is 0 Å². The van der Waals surface area contributed by atoms with Crippen LogP contribution in [0.5, 0.6) is 0 Å². The number of hydrogen-bond acceptors (Lipinski definition) is 5. The third-order valence-electron chi connectivity index (χ3n) is 2.19. The summed E-state index contributed by atoms with van der Waals surface area (Å²) in [5.74, 6) is -1.72. The summed E-state index contributed by atoms with van der Waals surface area (Å²) in [6.07, 6.45) is -3.76. The predicted octanol–water partition coefficient (Wildman–Crippen LogP) is -1.80. The van der Waals surface area contributed by atoms with Gasteiger partial charge >= 0.3 is 0 Å². The van der Waals surface area contributed by atoms with Crippen molar-refractivity contribution in [1.29, 1.82) is 0 Å². The van der Waals surface area contributed by atoms with Crippen LogP contribution in [0.2, 0.25) is 0 Å². The molecule has 1 rings (SSSR count). The number of ether oxygens (including phenoxy) is 1. The Morgan fingerprint density at radius 3 is 2.50 bits per heavy atom. The monoisotopic (exact) mass is 178 g/mol. The van der Waals surface area contributed by atoms with Gasteiger partial charge in [0.2, 0.25) is 0 Å². The molecule has 5 nitrogen and oxygen atoms in total. The van der Waals surface area contributed by atoms with Crippen LogP contribution in [-0.4, -0.2) is 51.1 Å². The molecule has 0 spiro atoms. The molecule has 4 N–H and O–H groups in total. The fourth-order valence-electron chi connectivity index (χ4n) is 1.20. The molecule has 0 saturated carbocycles. The van der Waals surface area contributed by atoms with Gasteiger partial charge in [-0.3, -0.25) is 0 Å². The summed E-state index contributed by atoms with van der Waals surface area (Å²) in [6, 6.07) is 0. The Hall–Kier alpha value is -0.200. The average molecular weight is 178 g/mol. The van der Waals surface area contributed by atoms with Crippen molar-refractivity contribution >= 4 is 0 Å². The van der Waals surface area contributed by atoms with Crippen LogP contribution in [0.15, 0.2) is 0 Å². The molecule has 72 valence electrons. The average Bonchev–Trinajstić information content (AvgIpc) is 2.09. The molecule has 12 heavy (non-hydrogen) atoms. The Bertz CT molecular complexity index is 162. The first kappa shape index (κ1) is 9.88. The molecule has 1 saturated heterocycles. The molecule has 1 aliphatic rings. The maximum Gasteiger partial charge on any atom is 0.194 e. The van der Waals surface area contributed by atoms with Gasteiger partial charge in [0, 0.05) is 6.42 Å². The molecule has 1 aliphatic heterocycles. The maximum absolute atomic E-state index is 9.49. The van der Waals surface area contributed by atoms with Crippen molar-refractivity contribution in [2.75, 3.05) is 6.61 Å². The Kier molecular flexibility index (Phi) is 2.70. The molecule has 0 bridgehead atoms. The van der Waals surface area contributed by atoms with E-state index in [1.165, 1.54) is 0 Å². The molecule has 1 fully saturated rings. The van der Waals surface area contributed by atoms with Gasteiger partial charge < -0.3 is 25.2 Å². The first-order valence-corrected chi connectivity index (χ1v) is 3.92. The Balaban J connectivity index is 2.71. The first-order chi connectivity index (χ1) is 5.51. The third-order valence-corrected chi connectivity index (χ3v) is 2.19. The van der Waals surface area contributed by atoms with Crippen LogP contribution in [0.3, 0.4) is 0 Å². The number of aliphatic hydroxyl groups is 4. The topological polar surface area (TPSA) is 90.2 Å². The van der Waals surface area contributed by atoms with E-state index in [1.54, 1.807) is 6.92 Å². The molecule has 5 heteroatoms. The van der Waals surface area contributed by atoms with Crippen LogP contribution >= 0.6 is 0 Å². The molecule has 2 unspecified atom stereocenters. The van der Waals surface area contributed by atoms with Crippen LogP contribution in [0.1, 0.15) is 13.3 Å². The van der Waals surface area contributed by atoms with Crippen LogP contribution in [-0.2, 0) is 4.74 Å². The summed E-state index contributed by atoms with van der Waals surface area (Å²) < 4.78 is 4.81. The second kappa shape index (κ2) is 3.27. The Labute approximate surface area is 70.2 Å². The molecular formula is C7H14O5. The van der Waals surface area contributed by atoms with E-state index in [4.69, 9.17) is 9.84 Å². The first-order valence-electron chi connectivity index (χ1n) is 3.92. The van der Waals surface area contributed by atoms with Crippen molar-refractivity contribution in [3.05, 3.63) is 0 Å². The Morgan fingerprint density at radius 1 is 1.42 bits per heavy atom. The lowest BCUT2D eigenvalue weighted by molar-refractivity contribution is -0.321. The SMILES string of the molecule is CC[C@@]1(O)OCC(O)C(O)[C@@H]1O. The highest BCUT2D eigenvalue weighted by Gasteiger charge is 2.46. The molecule has 0 aromatic carbocycles. The van der Waals surface area contributed by atoms with E-state index in [-0.39, 0.29) is 13.0 Å². The van der Waals surface area contributed by atoms with E-state index in [0.717, 1.165) is 0 Å². The fraction of sp³-hybridized carbons (Fsp3) is 1.00. The van der Waals surface area contributed by atoms with Gasteiger partial charge in [-0.05, 0) is 0 Å². The van der Waals surface area contributed by atoms with E-state index in [0.29, 0.717) is 0 Å². The van der Waals surface area contributed by atoms with Crippen molar-refractivity contribution in [3.63, 3.8) is 0 Å². The largest absolute Gasteiger partial charge is 0.388 e. The van der Waals surface area contributed by atoms with E-state index < -0.39 is 24.1 Å². The van der Waals surface area contributed by atoms with E-state index in [1.807, 2.05) is 0 Å². The maximum atomic E-state index is 9.49. The van der Waals surface area contributed by atoms with E-state index >= 15 is 0 Å². The van der Waals surface area contributed by atoms with Crippen molar-refractivity contribution in [2.24, 2.45) is 0 Å². The van der Waals surface area contributed by atoms with E-state index in [9.17, 15) is 15.3 Å². The molecule has 0 aromatic heterocycles. The lowest BCUT2D eigenvalue weighted by atomic mass is 9.95. The van der Waals surface area contributed by atoms with Crippen LogP contribution in [0.25, 0.3) is 0 Å². The third kappa shape index (κ3) is 1.46. The highest BCUT2D eigenvalue weighted by Crippen LogP contribution is 2.26. The van der Waals surface area contributed by atoms with Gasteiger partial charge in [-0.1, -0.05) is 6.92 Å². The van der Waals surface area contributed by atoms with Gasteiger partial charge in [-0.2, -0.15) is 0 Å². The van der Waals surface area contributed by atoms with Gasteiger partial charge in [0.05, 0.1) is 6.61 Å². The van der Waals surface area contributed by atoms with Crippen molar-refractivity contribution in [3.8, 4) is 0 Å². The fourth-order valence-corrected chi connectivity index (χ4v) is 1.20. The normalized spacial score (nSPS) is 49.2. The summed E-state index contributed by atoms with van der Waals surface area (Å²) in [7, 11) is 0. The highest BCUT2D eigenvalue weighted by molar-refractivity contribution is 4.90. The molecule has 0 radical (unpaired) electrons. The van der Waals surface area contributed by atoms with Gasteiger partial charge in [0.1, 0.15) is 18.3 Å². The highest BCUT2D eigenvalue weighted by atomic mass is 16.6. The van der Waals surface area contributed by atoms with Crippen molar-refractivity contribution in [1.82, 2.24) is 0 Å². The second-order valence-electron chi connectivity index (χ2n) is 3.01. The lowest BCUT2D eigenvalue weighted by Crippen LogP contribution is -2.60. The summed E-state index contributed by atoms with van der Waals surface area (Å²) in [5.41, 5.74) is 0.